The second-order valence-electron chi connectivity index (χ2n) is 5.03. The SMILES string of the molecule is COC(=O)C(Cc1ccccc1)NC(=O)c1cc(C)nn1C. The topological polar surface area (TPSA) is 73.2 Å². The van der Waals surface area contributed by atoms with Crippen LogP contribution in [-0.4, -0.2) is 34.8 Å². The predicted octanol–water partition coefficient (Wildman–Crippen LogP) is 1.24. The molecule has 1 heterocycles. The van der Waals surface area contributed by atoms with Crippen molar-refractivity contribution in [2.24, 2.45) is 7.05 Å². The summed E-state index contributed by atoms with van der Waals surface area (Å²) in [5.74, 6) is -0.828. The molecule has 0 aliphatic heterocycles. The van der Waals surface area contributed by atoms with E-state index in [-0.39, 0.29) is 5.91 Å². The number of esters is 1. The van der Waals surface area contributed by atoms with Crippen molar-refractivity contribution in [1.29, 1.82) is 0 Å². The predicted molar refractivity (Wildman–Crippen MR) is 81.4 cm³/mol. The minimum absolute atomic E-state index is 0.352. The van der Waals surface area contributed by atoms with E-state index in [2.05, 4.69) is 10.4 Å². The molecule has 1 unspecified atom stereocenters. The van der Waals surface area contributed by atoms with Gasteiger partial charge >= 0.3 is 5.97 Å². The summed E-state index contributed by atoms with van der Waals surface area (Å²) in [5.41, 5.74) is 2.09. The molecule has 1 N–H and O–H groups in total. The quantitative estimate of drug-likeness (QED) is 0.843. The first kappa shape index (κ1) is 15.8. The van der Waals surface area contributed by atoms with Crippen LogP contribution in [0.3, 0.4) is 0 Å². The van der Waals surface area contributed by atoms with Crippen molar-refractivity contribution in [1.82, 2.24) is 15.1 Å². The van der Waals surface area contributed by atoms with Crippen molar-refractivity contribution >= 4 is 11.9 Å². The first-order valence-corrected chi connectivity index (χ1v) is 6.94. The van der Waals surface area contributed by atoms with Crippen molar-refractivity contribution in [2.75, 3.05) is 7.11 Å². The number of methoxy groups -OCH3 is 1. The van der Waals surface area contributed by atoms with Gasteiger partial charge in [-0.1, -0.05) is 30.3 Å². The molecule has 1 aromatic heterocycles. The van der Waals surface area contributed by atoms with Crippen LogP contribution in [0.1, 0.15) is 21.7 Å². The number of rotatable bonds is 5. The van der Waals surface area contributed by atoms with Gasteiger partial charge in [-0.05, 0) is 18.6 Å². The number of ether oxygens (including phenoxy) is 1. The van der Waals surface area contributed by atoms with Gasteiger partial charge in [-0.2, -0.15) is 5.10 Å². The number of aromatic nitrogens is 2. The van der Waals surface area contributed by atoms with E-state index in [1.165, 1.54) is 11.8 Å². The Morgan fingerprint density at radius 3 is 2.55 bits per heavy atom. The van der Waals surface area contributed by atoms with Gasteiger partial charge in [0.15, 0.2) is 0 Å². The number of aryl methyl sites for hydroxylation is 2. The van der Waals surface area contributed by atoms with E-state index in [1.54, 1.807) is 20.0 Å². The number of hydrogen-bond donors (Lipinski definition) is 1. The van der Waals surface area contributed by atoms with E-state index in [0.29, 0.717) is 12.1 Å². The summed E-state index contributed by atoms with van der Waals surface area (Å²) >= 11 is 0. The maximum Gasteiger partial charge on any atom is 0.328 e. The molecule has 0 saturated heterocycles. The van der Waals surface area contributed by atoms with E-state index < -0.39 is 12.0 Å². The van der Waals surface area contributed by atoms with E-state index in [0.717, 1.165) is 11.3 Å². The molecule has 6 heteroatoms. The Morgan fingerprint density at radius 1 is 1.32 bits per heavy atom. The van der Waals surface area contributed by atoms with Crippen LogP contribution in [0.25, 0.3) is 0 Å². The third-order valence-corrected chi connectivity index (χ3v) is 3.31. The average Bonchev–Trinajstić information content (AvgIpc) is 2.85. The van der Waals surface area contributed by atoms with Gasteiger partial charge in [-0.3, -0.25) is 9.48 Å². The van der Waals surface area contributed by atoms with Crippen molar-refractivity contribution in [2.45, 2.75) is 19.4 Å². The highest BCUT2D eigenvalue weighted by Gasteiger charge is 2.24. The smallest absolute Gasteiger partial charge is 0.328 e. The van der Waals surface area contributed by atoms with Crippen molar-refractivity contribution in [3.63, 3.8) is 0 Å². The first-order valence-electron chi connectivity index (χ1n) is 6.94. The van der Waals surface area contributed by atoms with Gasteiger partial charge in [0.2, 0.25) is 0 Å². The Balaban J connectivity index is 2.14. The van der Waals surface area contributed by atoms with Crippen LogP contribution in [-0.2, 0) is 23.0 Å². The molecule has 0 bridgehead atoms. The highest BCUT2D eigenvalue weighted by Crippen LogP contribution is 2.07. The normalized spacial score (nSPS) is 11.8. The molecule has 0 aliphatic rings. The van der Waals surface area contributed by atoms with Crippen LogP contribution in [0.5, 0.6) is 0 Å². The van der Waals surface area contributed by atoms with Crippen LogP contribution in [0, 0.1) is 6.92 Å². The third kappa shape index (κ3) is 3.72. The minimum atomic E-state index is -0.741. The lowest BCUT2D eigenvalue weighted by atomic mass is 10.1. The molecular weight excluding hydrogens is 282 g/mol. The van der Waals surface area contributed by atoms with Crippen LogP contribution in [0.4, 0.5) is 0 Å². The zero-order valence-corrected chi connectivity index (χ0v) is 12.9. The molecule has 0 fully saturated rings. The number of nitrogens with one attached hydrogen (secondary N) is 1. The third-order valence-electron chi connectivity index (χ3n) is 3.31. The highest BCUT2D eigenvalue weighted by atomic mass is 16.5. The molecule has 6 nitrogen and oxygen atoms in total. The lowest BCUT2D eigenvalue weighted by Crippen LogP contribution is -2.43. The molecular formula is C16H19N3O3. The fourth-order valence-corrected chi connectivity index (χ4v) is 2.24. The largest absolute Gasteiger partial charge is 0.467 e. The second kappa shape index (κ2) is 6.89. The molecule has 0 aliphatic carbocycles. The maximum atomic E-state index is 12.3. The van der Waals surface area contributed by atoms with Crippen molar-refractivity contribution in [3.05, 3.63) is 53.3 Å². The van der Waals surface area contributed by atoms with E-state index in [4.69, 9.17) is 4.74 Å². The van der Waals surface area contributed by atoms with Crippen LogP contribution < -0.4 is 5.32 Å². The fraction of sp³-hybridized carbons (Fsp3) is 0.312. The molecule has 0 radical (unpaired) electrons. The van der Waals surface area contributed by atoms with E-state index in [1.807, 2.05) is 30.3 Å². The summed E-state index contributed by atoms with van der Waals surface area (Å²) in [6, 6.07) is 10.4. The maximum absolute atomic E-state index is 12.3. The van der Waals surface area contributed by atoms with Crippen molar-refractivity contribution < 1.29 is 14.3 Å². The standard InChI is InChI=1S/C16H19N3O3/c1-11-9-14(19(2)18-11)15(20)17-13(16(21)22-3)10-12-7-5-4-6-8-12/h4-9,13H,10H2,1-3H3,(H,17,20). The summed E-state index contributed by atoms with van der Waals surface area (Å²) in [6.07, 6.45) is 0.371. The number of amides is 1. The van der Waals surface area contributed by atoms with E-state index >= 15 is 0 Å². The Hall–Kier alpha value is -2.63. The number of hydrogen-bond acceptors (Lipinski definition) is 4. The Bertz CT molecular complexity index is 665. The first-order chi connectivity index (χ1) is 10.5. The lowest BCUT2D eigenvalue weighted by molar-refractivity contribution is -0.142. The molecule has 1 aromatic carbocycles. The Labute approximate surface area is 129 Å². The van der Waals surface area contributed by atoms with Gasteiger partial charge in [0.1, 0.15) is 11.7 Å². The van der Waals surface area contributed by atoms with Gasteiger partial charge in [-0.15, -0.1) is 0 Å². The number of benzene rings is 1. The number of nitrogens with zero attached hydrogens (tertiary/aromatic N) is 2. The summed E-state index contributed by atoms with van der Waals surface area (Å²) < 4.78 is 6.27. The van der Waals surface area contributed by atoms with Crippen molar-refractivity contribution in [3.8, 4) is 0 Å². The van der Waals surface area contributed by atoms with Gasteiger partial charge in [0.25, 0.3) is 5.91 Å². The molecule has 2 aromatic rings. The lowest BCUT2D eigenvalue weighted by Gasteiger charge is -2.16. The molecule has 2 rings (SSSR count). The molecule has 1 amide bonds. The summed E-state index contributed by atoms with van der Waals surface area (Å²) in [6.45, 7) is 1.80. The van der Waals surface area contributed by atoms with Crippen LogP contribution >= 0.6 is 0 Å². The molecule has 1 atom stereocenters. The van der Waals surface area contributed by atoms with Crippen LogP contribution in [0.15, 0.2) is 36.4 Å². The Morgan fingerprint density at radius 2 is 2.00 bits per heavy atom. The fourth-order valence-electron chi connectivity index (χ4n) is 2.24. The second-order valence-corrected chi connectivity index (χ2v) is 5.03. The van der Waals surface area contributed by atoms with Crippen LogP contribution in [0.2, 0.25) is 0 Å². The molecule has 116 valence electrons. The minimum Gasteiger partial charge on any atom is -0.467 e. The summed E-state index contributed by atoms with van der Waals surface area (Å²) in [4.78, 5) is 24.2. The zero-order valence-electron chi connectivity index (χ0n) is 12.9. The molecule has 0 saturated carbocycles. The molecule has 22 heavy (non-hydrogen) atoms. The monoisotopic (exact) mass is 301 g/mol. The molecule has 0 spiro atoms. The van der Waals surface area contributed by atoms with Gasteiger partial charge in [-0.25, -0.2) is 4.79 Å². The average molecular weight is 301 g/mol. The number of carbonyl (C=O) groups is 2. The van der Waals surface area contributed by atoms with E-state index in [9.17, 15) is 9.59 Å². The zero-order chi connectivity index (χ0) is 16.1. The number of carbonyl (C=O) groups excluding carboxylic acids is 2. The Kier molecular flexibility index (Phi) is 4.93. The van der Waals surface area contributed by atoms with Gasteiger partial charge in [0.05, 0.1) is 12.8 Å². The van der Waals surface area contributed by atoms with Gasteiger partial charge < -0.3 is 10.1 Å². The summed E-state index contributed by atoms with van der Waals surface area (Å²) in [7, 11) is 2.99. The summed E-state index contributed by atoms with van der Waals surface area (Å²) in [5, 5.41) is 6.84. The van der Waals surface area contributed by atoms with Gasteiger partial charge in [0, 0.05) is 13.5 Å². The highest BCUT2D eigenvalue weighted by molar-refractivity contribution is 5.95.